The number of fused-ring (bicyclic) bond motifs is 1. The standard InChI is InChI=1S/C20H27N5O4S/c1-12(2)21-20(26)29-16-6-4-13(9-16)17-10-19(24-23-17)22-15-5-7-18-14(8-15)11-25(3)30(18,27)28/h5,7-8,10,12-13,16H,4,6,9,11H2,1-3H3,(H,21,26)(H2,22,23,24). The zero-order chi connectivity index (χ0) is 21.5. The number of alkyl carbamates (subject to hydrolysis) is 1. The molecule has 1 amide bonds. The van der Waals surface area contributed by atoms with Gasteiger partial charge in [0, 0.05) is 43.0 Å². The zero-order valence-electron chi connectivity index (χ0n) is 17.3. The van der Waals surface area contributed by atoms with Crippen LogP contribution in [0.5, 0.6) is 0 Å². The molecule has 1 saturated carbocycles. The summed E-state index contributed by atoms with van der Waals surface area (Å²) < 4.78 is 31.2. The Bertz CT molecular complexity index is 1050. The molecule has 30 heavy (non-hydrogen) atoms. The minimum absolute atomic E-state index is 0.0515. The fourth-order valence-electron chi connectivity index (χ4n) is 4.03. The van der Waals surface area contributed by atoms with Crippen molar-refractivity contribution in [1.82, 2.24) is 19.8 Å². The second-order valence-electron chi connectivity index (χ2n) is 8.25. The molecule has 2 atom stereocenters. The molecule has 1 aromatic carbocycles. The molecule has 1 aliphatic heterocycles. The van der Waals surface area contributed by atoms with Crippen LogP contribution in [-0.4, -0.2) is 48.2 Å². The number of amides is 1. The first-order chi connectivity index (χ1) is 14.2. The topological polar surface area (TPSA) is 116 Å². The number of aromatic amines is 1. The Kier molecular flexibility index (Phi) is 5.46. The highest BCUT2D eigenvalue weighted by Gasteiger charge is 2.32. The van der Waals surface area contributed by atoms with E-state index in [4.69, 9.17) is 4.74 Å². The zero-order valence-corrected chi connectivity index (χ0v) is 18.1. The molecule has 0 bridgehead atoms. The van der Waals surface area contributed by atoms with Crippen LogP contribution >= 0.6 is 0 Å². The van der Waals surface area contributed by atoms with Crippen molar-refractivity contribution in [3.63, 3.8) is 0 Å². The third-order valence-corrected chi connectivity index (χ3v) is 7.42. The molecule has 9 nitrogen and oxygen atoms in total. The normalized spacial score (nSPS) is 22.8. The van der Waals surface area contributed by atoms with Crippen molar-refractivity contribution >= 4 is 27.6 Å². The molecule has 0 spiro atoms. The maximum Gasteiger partial charge on any atom is 0.407 e. The number of rotatable bonds is 5. The molecule has 3 N–H and O–H groups in total. The minimum atomic E-state index is -3.36. The highest BCUT2D eigenvalue weighted by Crippen LogP contribution is 2.36. The van der Waals surface area contributed by atoms with Crippen LogP contribution < -0.4 is 10.6 Å². The summed E-state index contributed by atoms with van der Waals surface area (Å²) in [5.74, 6) is 0.921. The highest BCUT2D eigenvalue weighted by atomic mass is 32.2. The summed E-state index contributed by atoms with van der Waals surface area (Å²) >= 11 is 0. The van der Waals surface area contributed by atoms with Crippen molar-refractivity contribution in [2.45, 2.75) is 62.6 Å². The van der Waals surface area contributed by atoms with Gasteiger partial charge in [-0.25, -0.2) is 13.2 Å². The molecule has 0 radical (unpaired) electrons. The quantitative estimate of drug-likeness (QED) is 0.667. The first-order valence-corrected chi connectivity index (χ1v) is 11.5. The Morgan fingerprint density at radius 3 is 2.87 bits per heavy atom. The Morgan fingerprint density at radius 2 is 2.10 bits per heavy atom. The van der Waals surface area contributed by atoms with Gasteiger partial charge in [0.05, 0.1) is 4.90 Å². The lowest BCUT2D eigenvalue weighted by Gasteiger charge is -2.14. The van der Waals surface area contributed by atoms with Gasteiger partial charge >= 0.3 is 6.09 Å². The minimum Gasteiger partial charge on any atom is -0.446 e. The fourth-order valence-corrected chi connectivity index (χ4v) is 5.37. The SMILES string of the molecule is CC(C)NC(=O)OC1CCC(c2cc(Nc3ccc4c(c3)CN(C)S4(=O)=O)n[nH]2)C1. The number of carbonyl (C=O) groups is 1. The molecule has 0 saturated heterocycles. The van der Waals surface area contributed by atoms with Crippen molar-refractivity contribution in [3.05, 3.63) is 35.5 Å². The van der Waals surface area contributed by atoms with E-state index in [2.05, 4.69) is 20.8 Å². The number of sulfonamides is 1. The molecular weight excluding hydrogens is 406 g/mol. The van der Waals surface area contributed by atoms with Gasteiger partial charge in [-0.3, -0.25) is 5.10 Å². The molecule has 162 valence electrons. The van der Waals surface area contributed by atoms with Crippen LogP contribution in [0.4, 0.5) is 16.3 Å². The van der Waals surface area contributed by atoms with Crippen molar-refractivity contribution in [1.29, 1.82) is 0 Å². The molecule has 2 heterocycles. The Hall–Kier alpha value is -2.59. The summed E-state index contributed by atoms with van der Waals surface area (Å²) in [5.41, 5.74) is 2.56. The summed E-state index contributed by atoms with van der Waals surface area (Å²) in [6.07, 6.45) is 2.04. The first kappa shape index (κ1) is 20.7. The monoisotopic (exact) mass is 433 g/mol. The molecule has 2 aliphatic rings. The van der Waals surface area contributed by atoms with Crippen LogP contribution in [0, 0.1) is 0 Å². The van der Waals surface area contributed by atoms with Crippen molar-refractivity contribution in [2.75, 3.05) is 12.4 Å². The fraction of sp³-hybridized carbons (Fsp3) is 0.500. The van der Waals surface area contributed by atoms with Gasteiger partial charge in [-0.2, -0.15) is 9.40 Å². The number of carbonyl (C=O) groups excluding carboxylic acids is 1. The molecular formula is C20H27N5O4S. The van der Waals surface area contributed by atoms with Crippen molar-refractivity contribution in [3.8, 4) is 0 Å². The predicted molar refractivity (Wildman–Crippen MR) is 112 cm³/mol. The average molecular weight is 434 g/mol. The van der Waals surface area contributed by atoms with E-state index in [0.29, 0.717) is 17.3 Å². The lowest BCUT2D eigenvalue weighted by molar-refractivity contribution is 0.0981. The molecule has 2 aromatic rings. The second kappa shape index (κ2) is 7.92. The van der Waals surface area contributed by atoms with Crippen LogP contribution in [0.1, 0.15) is 50.3 Å². The Balaban J connectivity index is 1.38. The molecule has 1 fully saturated rings. The third kappa shape index (κ3) is 4.15. The van der Waals surface area contributed by atoms with Gasteiger partial charge in [0.25, 0.3) is 0 Å². The summed E-state index contributed by atoms with van der Waals surface area (Å²) in [6, 6.07) is 7.23. The van der Waals surface area contributed by atoms with Gasteiger partial charge in [-0.15, -0.1) is 0 Å². The molecule has 2 unspecified atom stereocenters. The number of anilines is 2. The van der Waals surface area contributed by atoms with E-state index >= 15 is 0 Å². The number of nitrogens with zero attached hydrogens (tertiary/aromatic N) is 2. The van der Waals surface area contributed by atoms with E-state index in [1.54, 1.807) is 19.2 Å². The van der Waals surface area contributed by atoms with Crippen LogP contribution in [0.25, 0.3) is 0 Å². The van der Waals surface area contributed by atoms with Crippen molar-refractivity contribution in [2.24, 2.45) is 0 Å². The molecule has 4 rings (SSSR count). The second-order valence-corrected chi connectivity index (χ2v) is 10.3. The van der Waals surface area contributed by atoms with Gasteiger partial charge in [0.1, 0.15) is 6.10 Å². The average Bonchev–Trinajstić information content (AvgIpc) is 3.34. The number of nitrogens with one attached hydrogen (secondary N) is 3. The lowest BCUT2D eigenvalue weighted by Crippen LogP contribution is -2.33. The highest BCUT2D eigenvalue weighted by molar-refractivity contribution is 7.89. The first-order valence-electron chi connectivity index (χ1n) is 10.1. The Morgan fingerprint density at radius 1 is 1.30 bits per heavy atom. The molecule has 10 heteroatoms. The van der Waals surface area contributed by atoms with E-state index in [0.717, 1.165) is 36.2 Å². The van der Waals surface area contributed by atoms with Crippen LogP contribution in [0.15, 0.2) is 29.2 Å². The van der Waals surface area contributed by atoms with Crippen LogP contribution in [-0.2, 0) is 21.3 Å². The van der Waals surface area contributed by atoms with Gasteiger partial charge < -0.3 is 15.4 Å². The maximum atomic E-state index is 12.2. The number of ether oxygens (including phenoxy) is 1. The Labute approximate surface area is 176 Å². The van der Waals surface area contributed by atoms with E-state index in [1.165, 1.54) is 4.31 Å². The van der Waals surface area contributed by atoms with E-state index in [-0.39, 0.29) is 24.2 Å². The van der Waals surface area contributed by atoms with E-state index in [1.807, 2.05) is 26.0 Å². The number of hydrogen-bond acceptors (Lipinski definition) is 6. The van der Waals surface area contributed by atoms with Gasteiger partial charge in [0.15, 0.2) is 5.82 Å². The number of H-pyrrole nitrogens is 1. The third-order valence-electron chi connectivity index (χ3n) is 5.52. The smallest absolute Gasteiger partial charge is 0.407 e. The lowest BCUT2D eigenvalue weighted by atomic mass is 10.0. The van der Waals surface area contributed by atoms with E-state index in [9.17, 15) is 13.2 Å². The number of aromatic nitrogens is 2. The maximum absolute atomic E-state index is 12.2. The van der Waals surface area contributed by atoms with Gasteiger partial charge in [-0.05, 0) is 56.9 Å². The largest absolute Gasteiger partial charge is 0.446 e. The molecule has 1 aliphatic carbocycles. The van der Waals surface area contributed by atoms with E-state index < -0.39 is 10.0 Å². The van der Waals surface area contributed by atoms with Gasteiger partial charge in [-0.1, -0.05) is 0 Å². The van der Waals surface area contributed by atoms with Crippen LogP contribution in [0.2, 0.25) is 0 Å². The number of hydrogen-bond donors (Lipinski definition) is 3. The summed E-state index contributed by atoms with van der Waals surface area (Å²) in [6.45, 7) is 4.17. The summed E-state index contributed by atoms with van der Waals surface area (Å²) in [7, 11) is -1.78. The predicted octanol–water partition coefficient (Wildman–Crippen LogP) is 3.06. The van der Waals surface area contributed by atoms with Crippen LogP contribution in [0.3, 0.4) is 0 Å². The summed E-state index contributed by atoms with van der Waals surface area (Å²) in [4.78, 5) is 12.2. The molecule has 1 aromatic heterocycles. The van der Waals surface area contributed by atoms with Crippen molar-refractivity contribution < 1.29 is 17.9 Å². The van der Waals surface area contributed by atoms with Gasteiger partial charge in [0.2, 0.25) is 10.0 Å². The number of benzene rings is 1. The summed E-state index contributed by atoms with van der Waals surface area (Å²) in [5, 5.41) is 13.4.